The molecule has 828 valence electrons. The van der Waals surface area contributed by atoms with Crippen LogP contribution in [0, 0.1) is 104 Å². The van der Waals surface area contributed by atoms with E-state index >= 15 is 0 Å². The lowest BCUT2D eigenvalue weighted by atomic mass is 9.76. The van der Waals surface area contributed by atoms with Gasteiger partial charge in [-0.1, -0.05) is 476 Å². The van der Waals surface area contributed by atoms with Gasteiger partial charge in [-0.3, -0.25) is 39.3 Å². The van der Waals surface area contributed by atoms with Crippen LogP contribution in [0.15, 0.2) is 48.1 Å². The van der Waals surface area contributed by atoms with Gasteiger partial charge in [0.1, 0.15) is 0 Å². The maximum atomic E-state index is 11.6. The molecule has 0 aromatic heterocycles. The minimum atomic E-state index is -2.32. The molecule has 0 spiro atoms. The third-order valence-corrected chi connectivity index (χ3v) is 26.6. The van der Waals surface area contributed by atoms with Crippen LogP contribution in [-0.2, 0) is 43.2 Å². The van der Waals surface area contributed by atoms with E-state index in [2.05, 4.69) is 489 Å². The number of hydrogen-bond donors (Lipinski definition) is 5. The Morgan fingerprint density at radius 1 is 0.384 bits per heavy atom. The highest BCUT2D eigenvalue weighted by Crippen LogP contribution is 2.45. The number of hydrogen-bond acceptors (Lipinski definition) is 13. The molecule has 0 radical (unpaired) electrons. The Labute approximate surface area is 873 Å². The van der Waals surface area contributed by atoms with Gasteiger partial charge in [0.25, 0.3) is 11.8 Å². The maximum absolute atomic E-state index is 11.6. The van der Waals surface area contributed by atoms with Crippen LogP contribution in [-0.4, -0.2) is 143 Å². The number of nitrogens with one attached hydrogen (secondary N) is 5. The molecule has 0 aromatic rings. The predicted molar refractivity (Wildman–Crippen MR) is 624 cm³/mol. The molecule has 0 aromatic carbocycles. The Morgan fingerprint density at radius 3 is 0.848 bits per heavy atom. The molecule has 7 aliphatic heterocycles. The van der Waals surface area contributed by atoms with Gasteiger partial charge in [-0.15, -0.1) is 0 Å². The second-order valence-corrected chi connectivity index (χ2v) is 64.5. The Morgan fingerprint density at radius 2 is 0.696 bits per heavy atom. The van der Waals surface area contributed by atoms with E-state index in [1.807, 2.05) is 6.92 Å². The van der Waals surface area contributed by atoms with Crippen LogP contribution in [0.2, 0.25) is 0 Å². The molecule has 7 fully saturated rings. The average molecular weight is 2010 g/mol. The van der Waals surface area contributed by atoms with Crippen LogP contribution < -0.4 is 26.0 Å². The van der Waals surface area contributed by atoms with Gasteiger partial charge in [0.15, 0.2) is 23.5 Å². The lowest BCUT2D eigenvalue weighted by Crippen LogP contribution is -2.49. The number of amides is 5. The average Bonchev–Trinajstić information content (AvgIpc) is 1.64. The van der Waals surface area contributed by atoms with Gasteiger partial charge < -0.3 is 34.8 Å². The lowest BCUT2D eigenvalue weighted by Gasteiger charge is -2.44. The number of rotatable bonds is 7. The molecule has 7 aliphatic rings. The van der Waals surface area contributed by atoms with Crippen molar-refractivity contribution in [1.82, 2.24) is 40.7 Å². The van der Waals surface area contributed by atoms with Crippen LogP contribution in [0.5, 0.6) is 0 Å². The first-order chi connectivity index (χ1) is 60.3. The lowest BCUT2D eigenvalue weighted by molar-refractivity contribution is -0.132. The molecule has 5 N–H and O–H groups in total. The molecule has 16 nitrogen and oxygen atoms in total. The molecular weight excluding hydrogens is 1770 g/mol. The summed E-state index contributed by atoms with van der Waals surface area (Å²) in [6, 6.07) is 0. The van der Waals surface area contributed by atoms with Gasteiger partial charge in [0, 0.05) is 54.6 Å². The van der Waals surface area contributed by atoms with E-state index in [0.717, 1.165) is 54.1 Å². The van der Waals surface area contributed by atoms with Crippen LogP contribution in [0.3, 0.4) is 0 Å². The van der Waals surface area contributed by atoms with Crippen LogP contribution in [0.4, 0.5) is 0 Å². The van der Waals surface area contributed by atoms with Crippen LogP contribution >= 0.6 is 23.5 Å². The van der Waals surface area contributed by atoms with Crippen molar-refractivity contribution in [2.45, 2.75) is 513 Å². The van der Waals surface area contributed by atoms with Gasteiger partial charge in [-0.2, -0.15) is 0 Å². The van der Waals surface area contributed by atoms with Crippen molar-refractivity contribution in [2.24, 2.45) is 104 Å². The van der Waals surface area contributed by atoms with Gasteiger partial charge in [0.2, 0.25) is 17.7 Å². The van der Waals surface area contributed by atoms with Crippen molar-refractivity contribution >= 4 is 68.6 Å². The number of ether oxygens (including phenoxy) is 2. The Hall–Kier alpha value is -3.49. The minimum Gasteiger partial charge on any atom is -0.466 e. The second-order valence-electron chi connectivity index (χ2n) is 59.4. The van der Waals surface area contributed by atoms with Gasteiger partial charge in [-0.25, -0.2) is 4.21 Å². The molecule has 19 heteroatoms. The topological polar surface area (TPSA) is 191 Å². The number of likely N-dealkylation sites (tertiary alicyclic amines) is 2. The zero-order chi connectivity index (χ0) is 113. The Kier molecular flexibility index (Phi) is 71.2. The molecule has 0 aliphatic carbocycles. The van der Waals surface area contributed by atoms with Gasteiger partial charge >= 0.3 is 0 Å². The molecule has 6 unspecified atom stereocenters. The second kappa shape index (κ2) is 64.6. The quantitative estimate of drug-likeness (QED) is 0.152. The number of carbonyl (C=O) groups excluding carboxylic acids is 5. The van der Waals surface area contributed by atoms with Crippen molar-refractivity contribution in [3.05, 3.63) is 48.1 Å². The molecule has 7 rings (SSSR count). The van der Waals surface area contributed by atoms with Crippen molar-refractivity contribution in [2.75, 3.05) is 66.7 Å². The normalized spacial score (nSPS) is 21.0. The highest BCUT2D eigenvalue weighted by Gasteiger charge is 2.46. The molecule has 138 heavy (non-hydrogen) atoms. The van der Waals surface area contributed by atoms with Crippen LogP contribution in [0.1, 0.15) is 491 Å². The summed E-state index contributed by atoms with van der Waals surface area (Å²) in [5, 5.41) is 12.2. The SMILES string of the molecule is C=C1NC(=O)C(C)(CC(C)(C)C)O1.C=C1NC(=O)C(C)(CC(C)(C)C)S1.C=C1NC(=O)C(CC(C)(C)C)O1.C=C1NC(=O)C(CC(C)(C)C)S1.C=S1(=O)CC(CC(C)(C)C)C(=O)N1.CCC(C)(C)C.CCC(C)(C)C.CCC(C)(C)C.CCC(C)(C)C.CCC(C)(C)C.CCC(C)(C)C.CCC(C)(C)C.CCCC(C)(C)C.CN(C)CC(C)(C)C.CN1CC(C(C)(C)C)C1.CN1CC(C(C)(C)C)C1. The summed E-state index contributed by atoms with van der Waals surface area (Å²) in [5.41, 5.74) is 5.77. The van der Waals surface area contributed by atoms with Gasteiger partial charge in [-0.05, 0) is 192 Å². The molecule has 0 saturated carbocycles. The van der Waals surface area contributed by atoms with E-state index in [-0.39, 0.29) is 78.6 Å². The van der Waals surface area contributed by atoms with E-state index in [9.17, 15) is 28.2 Å². The van der Waals surface area contributed by atoms with Gasteiger partial charge in [0.05, 0.1) is 26.0 Å². The van der Waals surface area contributed by atoms with E-state index < -0.39 is 15.3 Å². The summed E-state index contributed by atoms with van der Waals surface area (Å²) in [7, 11) is 6.25. The highest BCUT2D eigenvalue weighted by molar-refractivity contribution is 8.05. The number of nitrogens with zero attached hydrogens (tertiary/aromatic N) is 3. The summed E-state index contributed by atoms with van der Waals surface area (Å²) < 4.78 is 24.1. The van der Waals surface area contributed by atoms with Crippen molar-refractivity contribution in [3.63, 3.8) is 0 Å². The third kappa shape index (κ3) is 103. The smallest absolute Gasteiger partial charge is 0.270 e. The van der Waals surface area contributed by atoms with Crippen LogP contribution in [0.25, 0.3) is 0 Å². The summed E-state index contributed by atoms with van der Waals surface area (Å²) in [6.07, 6.45) is 15.1. The fourth-order valence-electron chi connectivity index (χ4n) is 11.6. The van der Waals surface area contributed by atoms with E-state index in [1.165, 1.54) is 84.0 Å². The van der Waals surface area contributed by atoms with E-state index in [1.54, 1.807) is 30.4 Å². The fourth-order valence-corrected chi connectivity index (χ4v) is 15.7. The van der Waals surface area contributed by atoms with Crippen molar-refractivity contribution in [1.29, 1.82) is 0 Å². The third-order valence-electron chi connectivity index (χ3n) is 23.0. The predicted octanol–water partition coefficient (Wildman–Crippen LogP) is 33.4. The Balaban J connectivity index is -0.000000186. The summed E-state index contributed by atoms with van der Waals surface area (Å²) >= 11 is 3.09. The zero-order valence-electron chi connectivity index (χ0n) is 104. The first-order valence-electron chi connectivity index (χ1n) is 52.7. The number of thioether (sulfide) groups is 2. The molecule has 6 atom stereocenters. The number of carbonyl (C=O) groups is 5. The first kappa shape index (κ1) is 152. The zero-order valence-corrected chi connectivity index (χ0v) is 107. The molecule has 7 heterocycles. The molecular formula is C119H246N8O8S3. The Bertz CT molecular complexity index is 3220. The summed E-state index contributed by atoms with van der Waals surface area (Å²) in [6.45, 7) is 149. The van der Waals surface area contributed by atoms with E-state index in [4.69, 9.17) is 9.47 Å². The molecule has 7 saturated heterocycles. The fraction of sp³-hybridized carbons (Fsp3) is 0.882. The summed E-state index contributed by atoms with van der Waals surface area (Å²) in [5.74, 6) is 6.30. The first-order valence-corrected chi connectivity index (χ1v) is 56.3. The molecule has 5 amide bonds. The monoisotopic (exact) mass is 2010 g/mol. The minimum absolute atomic E-state index is 0.0662. The van der Waals surface area contributed by atoms with E-state index in [0.29, 0.717) is 83.5 Å². The maximum Gasteiger partial charge on any atom is 0.270 e. The standard InChI is InChI=1S/C10H17NO2.C10H17NOS.C9H17NO2S.C9H15NO2.C9H15NOS.2C8H17N.C7H17N.C7H16.7C6H14/c2*1-7-11-8(12)10(5,13-7)6-9(2,3)4;1-9(2,3)5-7-6-13(4,12)10-8(7)11;2*1-6-10-8(11)7(12-6)5-9(2,3)4;2*1-8(2,3)7-5-9(4)6-7;1-7(2,3)6-8(4)5;1-5-6-7(2,3)4;7*1-5-6(2,3)4/h2*1,6H2,2-5H3,(H,11,12);7H,4-6H2,1-3H3,(H,10,11,12);2*7H,1,5H2,2-4H3,(H,10,11);2*7H,5-6H2,1-4H3;6H2,1-5H3;5-6H2,1-4H3;7*5H2,1-4H3. The summed E-state index contributed by atoms with van der Waals surface area (Å²) in [4.78, 5) is 63.8. The molecule has 0 bridgehead atoms. The largest absolute Gasteiger partial charge is 0.466 e. The highest BCUT2D eigenvalue weighted by atomic mass is 32.2. The van der Waals surface area contributed by atoms with Crippen molar-refractivity contribution < 1.29 is 37.7 Å². The van der Waals surface area contributed by atoms with Crippen molar-refractivity contribution in [3.8, 4) is 0 Å².